The third-order valence-corrected chi connectivity index (χ3v) is 3.27. The van der Waals surface area contributed by atoms with Crippen molar-refractivity contribution in [3.05, 3.63) is 29.8 Å². The Bertz CT molecular complexity index is 337. The molecule has 2 atom stereocenters. The van der Waals surface area contributed by atoms with Crippen LogP contribution in [0.5, 0.6) is 5.75 Å². The smallest absolute Gasteiger partial charge is 0.119 e. The number of hydrogen-bond acceptors (Lipinski definition) is 3. The van der Waals surface area contributed by atoms with Crippen molar-refractivity contribution in [2.75, 3.05) is 19.8 Å². The van der Waals surface area contributed by atoms with Crippen LogP contribution in [0, 0.1) is 5.92 Å². The van der Waals surface area contributed by atoms with Gasteiger partial charge in [-0.2, -0.15) is 0 Å². The molecule has 1 aromatic rings. The molecule has 0 aliphatic carbocycles. The number of hydrogen-bond donors (Lipinski definition) is 1. The Balaban J connectivity index is 1.93. The summed E-state index contributed by atoms with van der Waals surface area (Å²) in [6.45, 7) is 4.29. The first-order chi connectivity index (χ1) is 8.29. The molecule has 0 saturated carbocycles. The summed E-state index contributed by atoms with van der Waals surface area (Å²) in [4.78, 5) is 0. The maximum atomic E-state index is 6.10. The summed E-state index contributed by atoms with van der Waals surface area (Å²) in [7, 11) is 0. The fraction of sp³-hybridized carbons (Fsp3) is 0.571. The molecule has 0 bridgehead atoms. The van der Waals surface area contributed by atoms with Crippen molar-refractivity contribution in [3.63, 3.8) is 0 Å². The lowest BCUT2D eigenvalue weighted by atomic mass is 9.90. The number of nitrogens with two attached hydrogens (primary N) is 1. The summed E-state index contributed by atoms with van der Waals surface area (Å²) >= 11 is 0. The second-order valence-electron chi connectivity index (χ2n) is 4.57. The van der Waals surface area contributed by atoms with E-state index in [1.54, 1.807) is 0 Å². The third kappa shape index (κ3) is 3.45. The number of rotatable bonds is 4. The number of ether oxygens (including phenoxy) is 2. The Morgan fingerprint density at radius 1 is 1.35 bits per heavy atom. The largest absolute Gasteiger partial charge is 0.494 e. The van der Waals surface area contributed by atoms with E-state index >= 15 is 0 Å². The van der Waals surface area contributed by atoms with Crippen LogP contribution in [0.4, 0.5) is 0 Å². The van der Waals surface area contributed by atoms with Gasteiger partial charge in [0, 0.05) is 18.6 Å². The Morgan fingerprint density at radius 2 is 2.12 bits per heavy atom. The van der Waals surface area contributed by atoms with E-state index in [1.165, 1.54) is 5.56 Å². The number of benzene rings is 1. The van der Waals surface area contributed by atoms with E-state index in [1.807, 2.05) is 19.1 Å². The molecule has 2 N–H and O–H groups in total. The standard InChI is InChI=1S/C14H21NO2/c1-2-17-13-5-3-11(4-6-13)9-12-10-16-8-7-14(12)15/h3-6,12,14H,2,7-10,15H2,1H3. The van der Waals surface area contributed by atoms with Crippen LogP contribution >= 0.6 is 0 Å². The average molecular weight is 235 g/mol. The lowest BCUT2D eigenvalue weighted by Crippen LogP contribution is -2.39. The van der Waals surface area contributed by atoms with Gasteiger partial charge >= 0.3 is 0 Å². The van der Waals surface area contributed by atoms with Crippen molar-refractivity contribution in [1.82, 2.24) is 0 Å². The van der Waals surface area contributed by atoms with E-state index in [2.05, 4.69) is 12.1 Å². The lowest BCUT2D eigenvalue weighted by Gasteiger charge is -2.28. The van der Waals surface area contributed by atoms with Crippen molar-refractivity contribution in [3.8, 4) is 5.75 Å². The third-order valence-electron chi connectivity index (χ3n) is 3.27. The average Bonchev–Trinajstić information content (AvgIpc) is 2.35. The van der Waals surface area contributed by atoms with Gasteiger partial charge in [0.2, 0.25) is 0 Å². The van der Waals surface area contributed by atoms with Crippen LogP contribution in [-0.2, 0) is 11.2 Å². The first-order valence-electron chi connectivity index (χ1n) is 6.34. The molecule has 17 heavy (non-hydrogen) atoms. The van der Waals surface area contributed by atoms with Crippen LogP contribution in [0.15, 0.2) is 24.3 Å². The maximum Gasteiger partial charge on any atom is 0.119 e. The Labute approximate surface area is 103 Å². The fourth-order valence-electron chi connectivity index (χ4n) is 2.21. The van der Waals surface area contributed by atoms with Crippen molar-refractivity contribution in [2.45, 2.75) is 25.8 Å². The summed E-state index contributed by atoms with van der Waals surface area (Å²) in [5, 5.41) is 0. The van der Waals surface area contributed by atoms with Gasteiger partial charge in [0.25, 0.3) is 0 Å². The zero-order valence-corrected chi connectivity index (χ0v) is 10.4. The highest BCUT2D eigenvalue weighted by Crippen LogP contribution is 2.20. The molecule has 1 aliphatic rings. The summed E-state index contributed by atoms with van der Waals surface area (Å²) in [6, 6.07) is 8.55. The van der Waals surface area contributed by atoms with Gasteiger partial charge in [0.1, 0.15) is 5.75 Å². The zero-order valence-electron chi connectivity index (χ0n) is 10.4. The van der Waals surface area contributed by atoms with Crippen molar-refractivity contribution in [1.29, 1.82) is 0 Å². The minimum Gasteiger partial charge on any atom is -0.494 e. The van der Waals surface area contributed by atoms with Crippen molar-refractivity contribution in [2.24, 2.45) is 11.7 Å². The van der Waals surface area contributed by atoms with E-state index in [0.29, 0.717) is 12.5 Å². The molecule has 0 spiro atoms. The molecule has 2 rings (SSSR count). The predicted molar refractivity (Wildman–Crippen MR) is 68.2 cm³/mol. The van der Waals surface area contributed by atoms with Gasteiger partial charge in [0.05, 0.1) is 13.2 Å². The molecular formula is C14H21NO2. The molecule has 3 nitrogen and oxygen atoms in total. The molecule has 1 aliphatic heterocycles. The predicted octanol–water partition coefficient (Wildman–Crippen LogP) is 1.99. The second kappa shape index (κ2) is 6.03. The highest BCUT2D eigenvalue weighted by atomic mass is 16.5. The van der Waals surface area contributed by atoms with Crippen LogP contribution < -0.4 is 10.5 Å². The van der Waals surface area contributed by atoms with Crippen LogP contribution in [0.25, 0.3) is 0 Å². The normalized spacial score (nSPS) is 24.6. The molecule has 1 fully saturated rings. The Hall–Kier alpha value is -1.06. The monoisotopic (exact) mass is 235 g/mol. The maximum absolute atomic E-state index is 6.10. The molecule has 1 aromatic carbocycles. The Morgan fingerprint density at radius 3 is 2.76 bits per heavy atom. The Kier molecular flexibility index (Phi) is 4.40. The molecule has 3 heteroatoms. The van der Waals surface area contributed by atoms with Gasteiger partial charge in [-0.05, 0) is 37.5 Å². The SMILES string of the molecule is CCOc1ccc(CC2COCCC2N)cc1. The molecule has 0 radical (unpaired) electrons. The second-order valence-corrected chi connectivity index (χ2v) is 4.57. The van der Waals surface area contributed by atoms with E-state index < -0.39 is 0 Å². The highest BCUT2D eigenvalue weighted by molar-refractivity contribution is 5.27. The van der Waals surface area contributed by atoms with E-state index in [4.69, 9.17) is 15.2 Å². The first-order valence-corrected chi connectivity index (χ1v) is 6.34. The minimum atomic E-state index is 0.273. The van der Waals surface area contributed by atoms with Crippen LogP contribution in [0.2, 0.25) is 0 Å². The van der Waals surface area contributed by atoms with Crippen LogP contribution in [0.3, 0.4) is 0 Å². The summed E-state index contributed by atoms with van der Waals surface area (Å²) in [6.07, 6.45) is 1.97. The summed E-state index contributed by atoms with van der Waals surface area (Å²) in [5.74, 6) is 1.38. The zero-order chi connectivity index (χ0) is 12.1. The van der Waals surface area contributed by atoms with E-state index in [-0.39, 0.29) is 6.04 Å². The quantitative estimate of drug-likeness (QED) is 0.868. The van der Waals surface area contributed by atoms with Gasteiger partial charge in [-0.25, -0.2) is 0 Å². The first kappa shape index (κ1) is 12.4. The molecule has 2 unspecified atom stereocenters. The van der Waals surface area contributed by atoms with Crippen molar-refractivity contribution >= 4 is 0 Å². The highest BCUT2D eigenvalue weighted by Gasteiger charge is 2.22. The van der Waals surface area contributed by atoms with Crippen LogP contribution in [0.1, 0.15) is 18.9 Å². The molecule has 94 valence electrons. The summed E-state index contributed by atoms with van der Waals surface area (Å²) < 4.78 is 10.9. The van der Waals surface area contributed by atoms with Gasteiger partial charge in [-0.3, -0.25) is 0 Å². The topological polar surface area (TPSA) is 44.5 Å². The van der Waals surface area contributed by atoms with Gasteiger partial charge in [-0.15, -0.1) is 0 Å². The molecule has 1 saturated heterocycles. The van der Waals surface area contributed by atoms with Gasteiger partial charge in [0.15, 0.2) is 0 Å². The fourth-order valence-corrected chi connectivity index (χ4v) is 2.21. The molecular weight excluding hydrogens is 214 g/mol. The summed E-state index contributed by atoms with van der Waals surface area (Å²) in [5.41, 5.74) is 7.40. The molecule has 0 aromatic heterocycles. The van der Waals surface area contributed by atoms with Gasteiger partial charge < -0.3 is 15.2 Å². The molecule has 1 heterocycles. The minimum absolute atomic E-state index is 0.273. The molecule has 0 amide bonds. The van der Waals surface area contributed by atoms with Crippen molar-refractivity contribution < 1.29 is 9.47 Å². The van der Waals surface area contributed by atoms with E-state index in [0.717, 1.165) is 31.8 Å². The lowest BCUT2D eigenvalue weighted by molar-refractivity contribution is 0.0422. The van der Waals surface area contributed by atoms with Gasteiger partial charge in [-0.1, -0.05) is 12.1 Å². The van der Waals surface area contributed by atoms with E-state index in [9.17, 15) is 0 Å². The van der Waals surface area contributed by atoms with Crippen LogP contribution in [-0.4, -0.2) is 25.9 Å².